The molecule has 2 aliphatic rings. The molecule has 0 saturated carbocycles. The summed E-state index contributed by atoms with van der Waals surface area (Å²) in [6.45, 7) is 0. The molecule has 4 rings (SSSR count). The van der Waals surface area contributed by atoms with E-state index in [0.29, 0.717) is 10.4 Å². The maximum Gasteiger partial charge on any atom is 0.301 e. The predicted molar refractivity (Wildman–Crippen MR) is 74.1 cm³/mol. The van der Waals surface area contributed by atoms with Crippen molar-refractivity contribution in [2.24, 2.45) is 4.99 Å². The summed E-state index contributed by atoms with van der Waals surface area (Å²) in [7, 11) is 0. The van der Waals surface area contributed by atoms with Gasteiger partial charge in [-0.1, -0.05) is 11.3 Å². The van der Waals surface area contributed by atoms with Gasteiger partial charge in [0.15, 0.2) is 0 Å². The molecule has 92 valence electrons. The summed E-state index contributed by atoms with van der Waals surface area (Å²) in [6, 6.07) is 0. The van der Waals surface area contributed by atoms with Gasteiger partial charge in [-0.2, -0.15) is 14.5 Å². The number of fused-ring (bicyclic) bond motifs is 1. The molecular weight excluding hydrogens is 260 g/mol. The molecule has 6 heteroatoms. The van der Waals surface area contributed by atoms with Crippen LogP contribution in [0.25, 0.3) is 5.57 Å². The number of hydrogen-bond acceptors (Lipinski definition) is 5. The van der Waals surface area contributed by atoms with E-state index < -0.39 is 0 Å². The lowest BCUT2D eigenvalue weighted by Gasteiger charge is -2.25. The monoisotopic (exact) mass is 269 g/mol. The molecule has 1 unspecified atom stereocenters. The maximum atomic E-state index is 5.36. The molecular formula is C13H9N4OS+. The fourth-order valence-electron chi connectivity index (χ4n) is 2.20. The quantitative estimate of drug-likeness (QED) is 0.788. The third-order valence-corrected chi connectivity index (χ3v) is 3.93. The Kier molecular flexibility index (Phi) is 2.14. The third-order valence-electron chi connectivity index (χ3n) is 3.06. The highest BCUT2D eigenvalue weighted by atomic mass is 32.1. The fourth-order valence-corrected chi connectivity index (χ4v) is 2.94. The Balaban J connectivity index is 1.90. The van der Waals surface area contributed by atoms with Gasteiger partial charge in [0.1, 0.15) is 18.7 Å². The summed E-state index contributed by atoms with van der Waals surface area (Å²) >= 11 is 1.60. The number of hydrogen-bond donors (Lipinski definition) is 0. The number of rotatable bonds is 2. The van der Waals surface area contributed by atoms with E-state index in [0.717, 1.165) is 16.5 Å². The Morgan fingerprint density at radius 3 is 2.95 bits per heavy atom. The third kappa shape index (κ3) is 1.47. The number of aliphatic imine (C=N–C) groups is 1. The zero-order valence-corrected chi connectivity index (χ0v) is 10.6. The molecule has 0 radical (unpaired) electrons. The van der Waals surface area contributed by atoms with Crippen molar-refractivity contribution < 1.29 is 4.42 Å². The van der Waals surface area contributed by atoms with Crippen molar-refractivity contribution in [3.8, 4) is 0 Å². The van der Waals surface area contributed by atoms with Crippen molar-refractivity contribution in [2.45, 2.75) is 0 Å². The average Bonchev–Trinajstić information content (AvgIpc) is 3.18. The van der Waals surface area contributed by atoms with Gasteiger partial charge in [-0.3, -0.25) is 0 Å². The minimum absolute atomic E-state index is 0.395. The second kappa shape index (κ2) is 3.84. The molecule has 0 amide bonds. The smallest absolute Gasteiger partial charge is 0.301 e. The molecule has 0 bridgehead atoms. The first-order chi connectivity index (χ1) is 9.38. The van der Waals surface area contributed by atoms with Crippen LogP contribution in [0.1, 0.15) is 5.89 Å². The highest BCUT2D eigenvalue weighted by molar-refractivity contribution is 7.13. The summed E-state index contributed by atoms with van der Waals surface area (Å²) in [5.41, 5.74) is 0.922. The van der Waals surface area contributed by atoms with Gasteiger partial charge in [0.05, 0.1) is 18.0 Å². The van der Waals surface area contributed by atoms with Gasteiger partial charge in [0.25, 0.3) is 0 Å². The first kappa shape index (κ1) is 10.6. The largest absolute Gasteiger partial charge is 0.444 e. The van der Waals surface area contributed by atoms with Crippen molar-refractivity contribution >= 4 is 27.9 Å². The first-order valence-corrected chi connectivity index (χ1v) is 6.62. The van der Waals surface area contributed by atoms with Gasteiger partial charge >= 0.3 is 5.13 Å². The van der Waals surface area contributed by atoms with Crippen molar-refractivity contribution in [3.05, 3.63) is 60.7 Å². The van der Waals surface area contributed by atoms with Crippen LogP contribution in [-0.2, 0) is 0 Å². The number of thiazole rings is 1. The second-order valence-corrected chi connectivity index (χ2v) is 5.01. The van der Waals surface area contributed by atoms with Gasteiger partial charge in [-0.25, -0.2) is 4.98 Å². The van der Waals surface area contributed by atoms with Crippen LogP contribution in [0.5, 0.6) is 0 Å². The van der Waals surface area contributed by atoms with Crippen molar-refractivity contribution in [1.82, 2.24) is 14.5 Å². The zero-order valence-electron chi connectivity index (χ0n) is 9.80. The van der Waals surface area contributed by atoms with Gasteiger partial charge in [0, 0.05) is 17.7 Å². The standard InChI is InChI=1S/C13H9N4OS/c1-2-11-14-3-6-17(11,13-16-5-8-19-13)9-10(1)12-15-4-7-18-12/h1-9H/q+1. The molecule has 0 spiro atoms. The molecule has 5 nitrogen and oxygen atoms in total. The fraction of sp³-hybridized carbons (Fsp3) is 0. The van der Waals surface area contributed by atoms with Crippen molar-refractivity contribution in [1.29, 1.82) is 0 Å². The molecule has 2 aliphatic heterocycles. The van der Waals surface area contributed by atoms with E-state index in [9.17, 15) is 0 Å². The van der Waals surface area contributed by atoms with Gasteiger partial charge in [-0.15, -0.1) is 0 Å². The van der Waals surface area contributed by atoms with Crippen LogP contribution in [-0.4, -0.2) is 15.8 Å². The van der Waals surface area contributed by atoms with Crippen LogP contribution in [0.3, 0.4) is 0 Å². The molecule has 0 saturated heterocycles. The van der Waals surface area contributed by atoms with Crippen LogP contribution in [0, 0.1) is 0 Å². The van der Waals surface area contributed by atoms with E-state index in [4.69, 9.17) is 4.42 Å². The normalized spacial score (nSPS) is 24.2. The topological polar surface area (TPSA) is 51.3 Å². The summed E-state index contributed by atoms with van der Waals surface area (Å²) in [6.07, 6.45) is 14.8. The van der Waals surface area contributed by atoms with Gasteiger partial charge < -0.3 is 4.42 Å². The number of oxazole rings is 1. The van der Waals surface area contributed by atoms with Crippen LogP contribution < -0.4 is 4.48 Å². The summed E-state index contributed by atoms with van der Waals surface area (Å²) in [5, 5.41) is 2.91. The van der Waals surface area contributed by atoms with Gasteiger partial charge in [-0.05, 0) is 6.08 Å². The van der Waals surface area contributed by atoms with E-state index >= 15 is 0 Å². The van der Waals surface area contributed by atoms with E-state index in [1.54, 1.807) is 36.2 Å². The minimum Gasteiger partial charge on any atom is -0.444 e. The lowest BCUT2D eigenvalue weighted by Crippen LogP contribution is -2.42. The molecule has 2 aromatic rings. The van der Waals surface area contributed by atoms with Crippen molar-refractivity contribution in [3.63, 3.8) is 0 Å². The van der Waals surface area contributed by atoms with Crippen LogP contribution in [0.2, 0.25) is 0 Å². The number of nitrogens with zero attached hydrogens (tertiary/aromatic N) is 4. The number of allylic oxidation sites excluding steroid dienone is 2. The molecule has 0 fully saturated rings. The predicted octanol–water partition coefficient (Wildman–Crippen LogP) is 2.93. The summed E-state index contributed by atoms with van der Waals surface area (Å²) < 4.78 is 5.76. The Labute approximate surface area is 113 Å². The molecule has 0 N–H and O–H groups in total. The van der Waals surface area contributed by atoms with E-state index in [-0.39, 0.29) is 0 Å². The maximum absolute atomic E-state index is 5.36. The Morgan fingerprint density at radius 2 is 2.16 bits per heavy atom. The first-order valence-electron chi connectivity index (χ1n) is 5.74. The van der Waals surface area contributed by atoms with Crippen LogP contribution >= 0.6 is 11.3 Å². The number of aromatic nitrogens is 2. The van der Waals surface area contributed by atoms with E-state index in [1.807, 2.05) is 29.9 Å². The van der Waals surface area contributed by atoms with Crippen LogP contribution in [0.15, 0.2) is 64.2 Å². The van der Waals surface area contributed by atoms with Gasteiger partial charge in [0.2, 0.25) is 11.7 Å². The van der Waals surface area contributed by atoms with E-state index in [2.05, 4.69) is 15.0 Å². The molecule has 0 aliphatic carbocycles. The molecule has 2 aromatic heterocycles. The minimum atomic E-state index is 0.395. The lowest BCUT2D eigenvalue weighted by atomic mass is 10.1. The molecule has 19 heavy (non-hydrogen) atoms. The Hall–Kier alpha value is -2.31. The molecule has 4 heterocycles. The number of amidine groups is 1. The molecule has 1 atom stereocenters. The Bertz CT molecular complexity index is 725. The van der Waals surface area contributed by atoms with E-state index in [1.165, 1.54) is 0 Å². The highest BCUT2D eigenvalue weighted by Crippen LogP contribution is 2.36. The van der Waals surface area contributed by atoms with Crippen LogP contribution in [0.4, 0.5) is 5.13 Å². The summed E-state index contributed by atoms with van der Waals surface area (Å²) in [5.74, 6) is 1.52. The number of quaternary nitrogens is 1. The zero-order chi connectivity index (χ0) is 12.7. The SMILES string of the molecule is C1=C[N+]2(c3nccs3)C=C(c3ncco3)C=CC2=N1. The molecule has 0 aromatic carbocycles. The second-order valence-electron chi connectivity index (χ2n) is 4.13. The van der Waals surface area contributed by atoms with Crippen molar-refractivity contribution in [2.75, 3.05) is 0 Å². The average molecular weight is 269 g/mol. The lowest BCUT2D eigenvalue weighted by molar-refractivity contribution is 0.541. The summed E-state index contributed by atoms with van der Waals surface area (Å²) in [4.78, 5) is 13.0. The Morgan fingerprint density at radius 1 is 1.16 bits per heavy atom. The highest BCUT2D eigenvalue weighted by Gasteiger charge is 2.40.